The molecular weight excluding hydrogens is 500 g/mol. The van der Waals surface area contributed by atoms with Crippen LogP contribution in [0.25, 0.3) is 0 Å². The Labute approximate surface area is 232 Å². The molecule has 3 aliphatic rings. The molecule has 39 heavy (non-hydrogen) atoms. The summed E-state index contributed by atoms with van der Waals surface area (Å²) >= 11 is 0. The summed E-state index contributed by atoms with van der Waals surface area (Å²) < 4.78 is 21.8. The molecule has 0 heterocycles. The summed E-state index contributed by atoms with van der Waals surface area (Å²) in [5.74, 6) is -1.35. The molecule has 1 saturated carbocycles. The Morgan fingerprint density at radius 1 is 0.974 bits per heavy atom. The van der Waals surface area contributed by atoms with Gasteiger partial charge in [0.05, 0.1) is 14.2 Å². The first-order chi connectivity index (χ1) is 18.4. The van der Waals surface area contributed by atoms with Gasteiger partial charge in [-0.3, -0.25) is 0 Å². The van der Waals surface area contributed by atoms with E-state index in [4.69, 9.17) is 18.9 Å². The lowest BCUT2D eigenvalue weighted by Crippen LogP contribution is -2.52. The number of aliphatic carboxylic acids is 1. The van der Waals surface area contributed by atoms with Crippen LogP contribution in [-0.2, 0) is 29.3 Å². The molecule has 216 valence electrons. The summed E-state index contributed by atoms with van der Waals surface area (Å²) in [5.41, 5.74) is 1.48. The zero-order chi connectivity index (χ0) is 29.0. The van der Waals surface area contributed by atoms with E-state index in [1.165, 1.54) is 20.6 Å². The number of carbonyl (C=O) groups is 3. The minimum Gasteiger partial charge on any atom is -0.481 e. The molecule has 1 aromatic carbocycles. The van der Waals surface area contributed by atoms with Gasteiger partial charge in [0, 0.05) is 17.1 Å². The zero-order valence-electron chi connectivity index (χ0n) is 24.4. The van der Waals surface area contributed by atoms with E-state index in [1.807, 2.05) is 12.1 Å². The Morgan fingerprint density at radius 2 is 1.54 bits per heavy atom. The van der Waals surface area contributed by atoms with E-state index in [9.17, 15) is 19.5 Å². The standard InChI is InChI=1S/C31H44O8/c1-8-9-10-11-12-30(2,3)19-13-24(38-17-26(32)36-6)28(25(14-19)39-18-27(33)37-7)20-15-21(29(34)35)23-16-22(20)31(23,4)5/h13-15,20,22-23H,8-12,16-18H2,1-7H3,(H,34,35)/t20-,22?,23+/m0/s1. The maximum atomic E-state index is 12.2. The first kappa shape index (κ1) is 30.5. The summed E-state index contributed by atoms with van der Waals surface area (Å²) in [6, 6.07) is 3.88. The Kier molecular flexibility index (Phi) is 9.73. The fourth-order valence-electron chi connectivity index (χ4n) is 6.12. The molecular formula is C31H44O8. The van der Waals surface area contributed by atoms with Crippen molar-refractivity contribution in [1.29, 1.82) is 0 Å². The molecule has 0 amide bonds. The monoisotopic (exact) mass is 544 g/mol. The largest absolute Gasteiger partial charge is 0.481 e. The maximum Gasteiger partial charge on any atom is 0.343 e. The smallest absolute Gasteiger partial charge is 0.343 e. The van der Waals surface area contributed by atoms with Crippen LogP contribution in [0.1, 0.15) is 90.2 Å². The molecule has 0 spiro atoms. The normalized spacial score (nSPS) is 21.3. The van der Waals surface area contributed by atoms with Gasteiger partial charge in [0.2, 0.25) is 0 Å². The summed E-state index contributed by atoms with van der Waals surface area (Å²) in [6.07, 6.45) is 7.98. The average molecular weight is 545 g/mol. The van der Waals surface area contributed by atoms with Gasteiger partial charge in [-0.25, -0.2) is 14.4 Å². The van der Waals surface area contributed by atoms with E-state index in [2.05, 4.69) is 34.6 Å². The molecule has 3 atom stereocenters. The molecule has 0 radical (unpaired) electrons. The van der Waals surface area contributed by atoms with Gasteiger partial charge in [0.1, 0.15) is 11.5 Å². The lowest BCUT2D eigenvalue weighted by atomic mass is 9.45. The minimum atomic E-state index is -0.935. The summed E-state index contributed by atoms with van der Waals surface area (Å²) in [7, 11) is 2.60. The number of allylic oxidation sites excluding steroid dienone is 1. The molecule has 0 aromatic heterocycles. The lowest BCUT2D eigenvalue weighted by molar-refractivity contribution is -0.143. The van der Waals surface area contributed by atoms with Crippen molar-refractivity contribution in [3.63, 3.8) is 0 Å². The van der Waals surface area contributed by atoms with E-state index in [1.54, 1.807) is 6.08 Å². The number of carbonyl (C=O) groups excluding carboxylic acids is 2. The van der Waals surface area contributed by atoms with E-state index in [0.717, 1.165) is 37.7 Å². The highest BCUT2D eigenvalue weighted by Crippen LogP contribution is 2.65. The van der Waals surface area contributed by atoms with Crippen molar-refractivity contribution >= 4 is 17.9 Å². The highest BCUT2D eigenvalue weighted by molar-refractivity contribution is 5.88. The van der Waals surface area contributed by atoms with Gasteiger partial charge in [0.15, 0.2) is 13.2 Å². The number of methoxy groups -OCH3 is 2. The predicted octanol–water partition coefficient (Wildman–Crippen LogP) is 5.81. The van der Waals surface area contributed by atoms with Crippen molar-refractivity contribution < 1.29 is 38.4 Å². The van der Waals surface area contributed by atoms with Crippen molar-refractivity contribution in [1.82, 2.24) is 0 Å². The summed E-state index contributed by atoms with van der Waals surface area (Å²) in [4.78, 5) is 36.4. The first-order valence-corrected chi connectivity index (χ1v) is 13.9. The molecule has 8 heteroatoms. The van der Waals surface area contributed by atoms with Gasteiger partial charge in [-0.2, -0.15) is 0 Å². The molecule has 1 N–H and O–H groups in total. The predicted molar refractivity (Wildman–Crippen MR) is 147 cm³/mol. The van der Waals surface area contributed by atoms with Gasteiger partial charge in [0.25, 0.3) is 0 Å². The van der Waals surface area contributed by atoms with Crippen molar-refractivity contribution in [3.05, 3.63) is 34.9 Å². The van der Waals surface area contributed by atoms with Crippen LogP contribution in [0, 0.1) is 17.3 Å². The molecule has 1 fully saturated rings. The van der Waals surface area contributed by atoms with Gasteiger partial charge in [-0.05, 0) is 53.2 Å². The van der Waals surface area contributed by atoms with Crippen LogP contribution < -0.4 is 9.47 Å². The highest BCUT2D eigenvalue weighted by Gasteiger charge is 2.57. The van der Waals surface area contributed by atoms with Gasteiger partial charge >= 0.3 is 17.9 Å². The van der Waals surface area contributed by atoms with E-state index >= 15 is 0 Å². The Morgan fingerprint density at radius 3 is 2.00 bits per heavy atom. The fraction of sp³-hybridized carbons (Fsp3) is 0.645. The fourth-order valence-corrected chi connectivity index (χ4v) is 6.12. The average Bonchev–Trinajstić information content (AvgIpc) is 2.91. The number of benzene rings is 1. The first-order valence-electron chi connectivity index (χ1n) is 13.9. The van der Waals surface area contributed by atoms with Crippen LogP contribution in [0.3, 0.4) is 0 Å². The second kappa shape index (κ2) is 12.4. The molecule has 3 aliphatic carbocycles. The quantitative estimate of drug-likeness (QED) is 0.231. The number of hydrogen-bond donors (Lipinski definition) is 1. The minimum absolute atomic E-state index is 0.0311. The third-order valence-corrected chi connectivity index (χ3v) is 8.78. The van der Waals surface area contributed by atoms with E-state index in [-0.39, 0.29) is 41.8 Å². The van der Waals surface area contributed by atoms with Crippen LogP contribution in [-0.4, -0.2) is 50.4 Å². The number of esters is 2. The van der Waals surface area contributed by atoms with Crippen molar-refractivity contribution in [2.24, 2.45) is 17.3 Å². The number of carboxylic acids is 1. The number of carboxylic acid groups (broad SMARTS) is 1. The maximum absolute atomic E-state index is 12.2. The Bertz CT molecular complexity index is 1060. The van der Waals surface area contributed by atoms with Crippen molar-refractivity contribution in [3.8, 4) is 11.5 Å². The molecule has 2 bridgehead atoms. The van der Waals surface area contributed by atoms with Gasteiger partial charge in [-0.1, -0.05) is 66.4 Å². The number of rotatable bonds is 14. The second-order valence-electron chi connectivity index (χ2n) is 12.0. The lowest BCUT2D eigenvalue weighted by Gasteiger charge is -2.58. The van der Waals surface area contributed by atoms with Gasteiger partial charge < -0.3 is 24.1 Å². The summed E-state index contributed by atoms with van der Waals surface area (Å²) in [6.45, 7) is 10.1. The van der Waals surface area contributed by atoms with E-state index in [0.29, 0.717) is 22.6 Å². The Hall–Kier alpha value is -3.03. The van der Waals surface area contributed by atoms with Crippen molar-refractivity contribution in [2.75, 3.05) is 27.4 Å². The summed E-state index contributed by atoms with van der Waals surface area (Å²) in [5, 5.41) is 10.0. The number of ether oxygens (including phenoxy) is 4. The molecule has 8 nitrogen and oxygen atoms in total. The zero-order valence-corrected chi connectivity index (χ0v) is 24.4. The highest BCUT2D eigenvalue weighted by atomic mass is 16.6. The van der Waals surface area contributed by atoms with E-state index < -0.39 is 17.9 Å². The number of unbranched alkanes of at least 4 members (excludes halogenated alkanes) is 3. The molecule has 1 unspecified atom stereocenters. The number of hydrogen-bond acceptors (Lipinski definition) is 7. The van der Waals surface area contributed by atoms with Crippen LogP contribution in [0.5, 0.6) is 11.5 Å². The third kappa shape index (κ3) is 6.59. The SMILES string of the molecule is CCCCCCC(C)(C)c1cc(OCC(=O)OC)c([C@H]2C=C(C(=O)O)[C@H]3CC2C3(C)C)c(OCC(=O)OC)c1. The molecule has 1 aromatic rings. The molecule has 4 rings (SSSR count). The number of fused-ring (bicyclic) bond motifs is 1. The van der Waals surface area contributed by atoms with Crippen LogP contribution in [0.4, 0.5) is 0 Å². The Balaban J connectivity index is 2.16. The van der Waals surface area contributed by atoms with Crippen LogP contribution in [0.15, 0.2) is 23.8 Å². The van der Waals surface area contributed by atoms with Crippen molar-refractivity contribution in [2.45, 2.75) is 84.5 Å². The molecule has 0 aliphatic heterocycles. The third-order valence-electron chi connectivity index (χ3n) is 8.78. The topological polar surface area (TPSA) is 108 Å². The second-order valence-corrected chi connectivity index (χ2v) is 12.0. The van der Waals surface area contributed by atoms with Crippen LogP contribution >= 0.6 is 0 Å². The molecule has 0 saturated heterocycles. The van der Waals surface area contributed by atoms with Gasteiger partial charge in [-0.15, -0.1) is 0 Å². The van der Waals surface area contributed by atoms with Crippen LogP contribution in [0.2, 0.25) is 0 Å².